The van der Waals surface area contributed by atoms with Crippen LogP contribution in [0, 0.1) is 6.92 Å². The van der Waals surface area contributed by atoms with E-state index in [1.165, 1.54) is 16.7 Å². The molecule has 1 N–H and O–H groups in total. The molecule has 0 bridgehead atoms. The maximum Gasteiger partial charge on any atom is 0.123 e. The molecule has 0 spiro atoms. The third kappa shape index (κ3) is 5.32. The van der Waals surface area contributed by atoms with Crippen molar-refractivity contribution >= 4 is 0 Å². The summed E-state index contributed by atoms with van der Waals surface area (Å²) in [7, 11) is 0. The minimum Gasteiger partial charge on any atom is -0.494 e. The summed E-state index contributed by atoms with van der Waals surface area (Å²) >= 11 is 0. The summed E-state index contributed by atoms with van der Waals surface area (Å²) in [5, 5.41) is 9.59. The van der Waals surface area contributed by atoms with Gasteiger partial charge in [0.25, 0.3) is 0 Å². The Kier molecular flexibility index (Phi) is 7.27. The Balaban J connectivity index is 1.67. The van der Waals surface area contributed by atoms with E-state index in [0.29, 0.717) is 12.6 Å². The molecular formula is C23H32N2O2. The molecule has 2 aromatic rings. The van der Waals surface area contributed by atoms with Crippen molar-refractivity contribution in [3.05, 3.63) is 65.2 Å². The second kappa shape index (κ2) is 9.88. The Bertz CT molecular complexity index is 719. The molecule has 0 aliphatic carbocycles. The van der Waals surface area contributed by atoms with Gasteiger partial charge in [0, 0.05) is 50.9 Å². The van der Waals surface area contributed by atoms with Gasteiger partial charge in [-0.15, -0.1) is 0 Å². The lowest BCUT2D eigenvalue weighted by Gasteiger charge is -2.41. The van der Waals surface area contributed by atoms with Crippen LogP contribution in [-0.2, 0) is 13.1 Å². The number of benzene rings is 2. The minimum atomic E-state index is 0.229. The van der Waals surface area contributed by atoms with Crippen molar-refractivity contribution in [3.63, 3.8) is 0 Å². The third-order valence-corrected chi connectivity index (χ3v) is 5.45. The predicted molar refractivity (Wildman–Crippen MR) is 110 cm³/mol. The van der Waals surface area contributed by atoms with Crippen molar-refractivity contribution in [1.82, 2.24) is 9.80 Å². The van der Waals surface area contributed by atoms with Crippen molar-refractivity contribution < 1.29 is 9.84 Å². The first kappa shape index (κ1) is 19.9. The number of ether oxygens (including phenoxy) is 1. The number of aliphatic hydroxyl groups is 1. The van der Waals surface area contributed by atoms with Crippen molar-refractivity contribution in [2.75, 3.05) is 32.8 Å². The fourth-order valence-electron chi connectivity index (χ4n) is 3.91. The lowest BCUT2D eigenvalue weighted by Crippen LogP contribution is -2.52. The second-order valence-corrected chi connectivity index (χ2v) is 7.34. The molecule has 1 aliphatic heterocycles. The summed E-state index contributed by atoms with van der Waals surface area (Å²) in [4.78, 5) is 5.02. The first-order valence-electron chi connectivity index (χ1n) is 10.0. The normalized spacial score (nSPS) is 18.6. The van der Waals surface area contributed by atoms with Gasteiger partial charge >= 0.3 is 0 Å². The largest absolute Gasteiger partial charge is 0.494 e. The summed E-state index contributed by atoms with van der Waals surface area (Å²) in [6.07, 6.45) is 0.807. The summed E-state index contributed by atoms with van der Waals surface area (Å²) in [5.41, 5.74) is 3.98. The zero-order valence-electron chi connectivity index (χ0n) is 16.6. The van der Waals surface area contributed by atoms with E-state index in [1.54, 1.807) is 0 Å². The van der Waals surface area contributed by atoms with Gasteiger partial charge in [0.2, 0.25) is 0 Å². The minimum absolute atomic E-state index is 0.229. The average Bonchev–Trinajstić information content (AvgIpc) is 2.67. The molecule has 1 atom stereocenters. The van der Waals surface area contributed by atoms with Gasteiger partial charge in [-0.2, -0.15) is 0 Å². The predicted octanol–water partition coefficient (Wildman–Crippen LogP) is 3.46. The van der Waals surface area contributed by atoms with Crippen molar-refractivity contribution in [1.29, 1.82) is 0 Å². The number of rotatable bonds is 8. The molecular weight excluding hydrogens is 336 g/mol. The van der Waals surface area contributed by atoms with E-state index in [2.05, 4.69) is 53.1 Å². The van der Waals surface area contributed by atoms with Gasteiger partial charge in [-0.05, 0) is 37.5 Å². The summed E-state index contributed by atoms with van der Waals surface area (Å²) in [5.74, 6) is 0.977. The van der Waals surface area contributed by atoms with Crippen molar-refractivity contribution in [2.45, 2.75) is 39.4 Å². The lowest BCUT2D eigenvalue weighted by molar-refractivity contribution is 0.0493. The Morgan fingerprint density at radius 1 is 1.00 bits per heavy atom. The standard InChI is InChI=1S/C23H32N2O2/c1-3-27-23-11-7-6-10-21(23)17-25-14-13-24(18-22(25)12-15-26)16-20-9-5-4-8-19(20)2/h4-11,22,26H,3,12-18H2,1-2H3/t22-/m0/s1. The number of nitrogens with zero attached hydrogens (tertiary/aromatic N) is 2. The number of aryl methyl sites for hydroxylation is 1. The summed E-state index contributed by atoms with van der Waals surface area (Å²) in [6.45, 7) is 10.0. The molecule has 1 saturated heterocycles. The fraction of sp³-hybridized carbons (Fsp3) is 0.478. The van der Waals surface area contributed by atoms with Crippen LogP contribution in [0.15, 0.2) is 48.5 Å². The van der Waals surface area contributed by atoms with Crippen LogP contribution in [0.25, 0.3) is 0 Å². The lowest BCUT2D eigenvalue weighted by atomic mass is 10.0. The molecule has 0 unspecified atom stereocenters. The topological polar surface area (TPSA) is 35.9 Å². The van der Waals surface area contributed by atoms with Crippen LogP contribution in [0.4, 0.5) is 0 Å². The van der Waals surface area contributed by atoms with Crippen LogP contribution in [-0.4, -0.2) is 53.8 Å². The SMILES string of the molecule is CCOc1ccccc1CN1CCN(Cc2ccccc2C)C[C@@H]1CCO. The molecule has 0 amide bonds. The van der Waals surface area contributed by atoms with Gasteiger partial charge in [0.15, 0.2) is 0 Å². The highest BCUT2D eigenvalue weighted by Gasteiger charge is 2.27. The van der Waals surface area contributed by atoms with Crippen LogP contribution in [0.1, 0.15) is 30.0 Å². The van der Waals surface area contributed by atoms with E-state index in [-0.39, 0.29) is 6.61 Å². The van der Waals surface area contributed by atoms with E-state index in [0.717, 1.165) is 44.9 Å². The van der Waals surface area contributed by atoms with Crippen LogP contribution in [0.3, 0.4) is 0 Å². The first-order chi connectivity index (χ1) is 13.2. The zero-order chi connectivity index (χ0) is 19.1. The zero-order valence-corrected chi connectivity index (χ0v) is 16.6. The highest BCUT2D eigenvalue weighted by molar-refractivity contribution is 5.33. The molecule has 146 valence electrons. The molecule has 3 rings (SSSR count). The molecule has 1 heterocycles. The number of piperazine rings is 1. The number of para-hydroxylation sites is 1. The second-order valence-electron chi connectivity index (χ2n) is 7.34. The summed E-state index contributed by atoms with van der Waals surface area (Å²) in [6, 6.07) is 17.3. The van der Waals surface area contributed by atoms with Crippen molar-refractivity contribution in [3.8, 4) is 5.75 Å². The molecule has 4 heteroatoms. The van der Waals surface area contributed by atoms with Crippen LogP contribution >= 0.6 is 0 Å². The number of hydrogen-bond donors (Lipinski definition) is 1. The molecule has 0 aromatic heterocycles. The van der Waals surface area contributed by atoms with Gasteiger partial charge in [-0.25, -0.2) is 0 Å². The molecule has 1 aliphatic rings. The molecule has 0 radical (unpaired) electrons. The van der Waals surface area contributed by atoms with E-state index in [9.17, 15) is 5.11 Å². The highest BCUT2D eigenvalue weighted by atomic mass is 16.5. The quantitative estimate of drug-likeness (QED) is 0.774. The van der Waals surface area contributed by atoms with Gasteiger partial charge in [0.1, 0.15) is 5.75 Å². The van der Waals surface area contributed by atoms with Gasteiger partial charge in [-0.3, -0.25) is 9.80 Å². The van der Waals surface area contributed by atoms with Crippen LogP contribution in [0.2, 0.25) is 0 Å². The molecule has 1 fully saturated rings. The van der Waals surface area contributed by atoms with E-state index in [1.807, 2.05) is 19.1 Å². The maximum absolute atomic E-state index is 9.59. The van der Waals surface area contributed by atoms with E-state index in [4.69, 9.17) is 4.74 Å². The number of aliphatic hydroxyl groups excluding tert-OH is 1. The molecule has 0 saturated carbocycles. The van der Waals surface area contributed by atoms with E-state index < -0.39 is 0 Å². The number of hydrogen-bond acceptors (Lipinski definition) is 4. The van der Waals surface area contributed by atoms with E-state index >= 15 is 0 Å². The highest BCUT2D eigenvalue weighted by Crippen LogP contribution is 2.24. The van der Waals surface area contributed by atoms with Gasteiger partial charge < -0.3 is 9.84 Å². The van der Waals surface area contributed by atoms with Crippen molar-refractivity contribution in [2.24, 2.45) is 0 Å². The Labute approximate surface area is 163 Å². The smallest absolute Gasteiger partial charge is 0.123 e. The Morgan fingerprint density at radius 3 is 2.48 bits per heavy atom. The third-order valence-electron chi connectivity index (χ3n) is 5.45. The first-order valence-corrected chi connectivity index (χ1v) is 10.0. The Morgan fingerprint density at radius 2 is 1.74 bits per heavy atom. The fourth-order valence-corrected chi connectivity index (χ4v) is 3.91. The van der Waals surface area contributed by atoms with Gasteiger partial charge in [0.05, 0.1) is 6.61 Å². The average molecular weight is 369 g/mol. The molecule has 27 heavy (non-hydrogen) atoms. The molecule has 2 aromatic carbocycles. The van der Waals surface area contributed by atoms with Gasteiger partial charge in [-0.1, -0.05) is 42.5 Å². The Hall–Kier alpha value is -1.88. The van der Waals surface area contributed by atoms with Crippen LogP contribution in [0.5, 0.6) is 5.75 Å². The summed E-state index contributed by atoms with van der Waals surface area (Å²) < 4.78 is 5.80. The maximum atomic E-state index is 9.59. The monoisotopic (exact) mass is 368 g/mol. The van der Waals surface area contributed by atoms with Crippen LogP contribution < -0.4 is 4.74 Å². The molecule has 4 nitrogen and oxygen atoms in total.